The van der Waals surface area contributed by atoms with E-state index in [1.54, 1.807) is 4.90 Å². The van der Waals surface area contributed by atoms with Crippen molar-refractivity contribution in [1.82, 2.24) is 4.90 Å². The predicted octanol–water partition coefficient (Wildman–Crippen LogP) is 2.22. The van der Waals surface area contributed by atoms with Crippen LogP contribution in [-0.2, 0) is 4.79 Å². The van der Waals surface area contributed by atoms with Gasteiger partial charge in [-0.3, -0.25) is 4.79 Å². The molecule has 0 bridgehead atoms. The maximum absolute atomic E-state index is 11.7. The number of hydrogen-bond donors (Lipinski definition) is 0. The Hall–Kier alpha value is -2.20. The van der Waals surface area contributed by atoms with E-state index < -0.39 is 0 Å². The third-order valence-corrected chi connectivity index (χ3v) is 3.07. The van der Waals surface area contributed by atoms with E-state index in [4.69, 9.17) is 10.3 Å². The van der Waals surface area contributed by atoms with E-state index >= 15 is 0 Å². The highest BCUT2D eigenvalue weighted by Gasteiger charge is 2.28. The van der Waals surface area contributed by atoms with Crippen molar-refractivity contribution in [3.63, 3.8) is 0 Å². The number of benzene rings is 1. The largest absolute Gasteiger partial charge is 0.492 e. The van der Waals surface area contributed by atoms with Crippen molar-refractivity contribution in [2.24, 2.45) is 11.0 Å². The molecule has 2 rings (SSSR count). The van der Waals surface area contributed by atoms with E-state index in [1.807, 2.05) is 30.3 Å². The van der Waals surface area contributed by atoms with Gasteiger partial charge < -0.3 is 9.64 Å². The van der Waals surface area contributed by atoms with Gasteiger partial charge in [-0.2, -0.15) is 0 Å². The first-order valence-corrected chi connectivity index (χ1v) is 6.26. The molecule has 1 atom stereocenters. The SMILES string of the molecule is [N-]=[N+]=NCC1CC(=O)N(CCOc2ccccc2)C1. The van der Waals surface area contributed by atoms with Gasteiger partial charge in [0, 0.05) is 24.4 Å². The summed E-state index contributed by atoms with van der Waals surface area (Å²) in [7, 11) is 0. The van der Waals surface area contributed by atoms with Crippen molar-refractivity contribution in [3.05, 3.63) is 40.8 Å². The van der Waals surface area contributed by atoms with Crippen LogP contribution in [0.25, 0.3) is 10.4 Å². The van der Waals surface area contributed by atoms with E-state index in [2.05, 4.69) is 10.0 Å². The van der Waals surface area contributed by atoms with Crippen molar-refractivity contribution in [2.45, 2.75) is 6.42 Å². The van der Waals surface area contributed by atoms with Crippen LogP contribution in [0, 0.1) is 5.92 Å². The Labute approximate surface area is 111 Å². The van der Waals surface area contributed by atoms with E-state index in [-0.39, 0.29) is 11.8 Å². The first-order chi connectivity index (χ1) is 9.29. The van der Waals surface area contributed by atoms with Gasteiger partial charge in [0.15, 0.2) is 0 Å². The lowest BCUT2D eigenvalue weighted by Gasteiger charge is -2.16. The molecule has 6 nitrogen and oxygen atoms in total. The molecule has 0 aromatic heterocycles. The van der Waals surface area contributed by atoms with E-state index in [0.717, 1.165) is 5.75 Å². The monoisotopic (exact) mass is 260 g/mol. The summed E-state index contributed by atoms with van der Waals surface area (Å²) in [6.45, 7) is 2.08. The van der Waals surface area contributed by atoms with Gasteiger partial charge in [-0.1, -0.05) is 23.3 Å². The molecule has 0 N–H and O–H groups in total. The molecule has 1 saturated heterocycles. The minimum atomic E-state index is 0.106. The molecular weight excluding hydrogens is 244 g/mol. The average molecular weight is 260 g/mol. The molecule has 0 radical (unpaired) electrons. The third kappa shape index (κ3) is 3.89. The molecule has 0 aliphatic carbocycles. The van der Waals surface area contributed by atoms with Crippen molar-refractivity contribution in [1.29, 1.82) is 0 Å². The lowest BCUT2D eigenvalue weighted by atomic mass is 10.1. The molecule has 1 heterocycles. The Kier molecular flexibility index (Phi) is 4.64. The summed E-state index contributed by atoms with van der Waals surface area (Å²) in [6.07, 6.45) is 0.463. The van der Waals surface area contributed by atoms with Gasteiger partial charge in [-0.25, -0.2) is 0 Å². The van der Waals surface area contributed by atoms with Crippen molar-refractivity contribution in [2.75, 3.05) is 26.2 Å². The van der Waals surface area contributed by atoms with Gasteiger partial charge in [-0.05, 0) is 23.6 Å². The van der Waals surface area contributed by atoms with Crippen molar-refractivity contribution >= 4 is 5.91 Å². The second-order valence-corrected chi connectivity index (χ2v) is 4.48. The Morgan fingerprint density at radius 2 is 2.21 bits per heavy atom. The highest BCUT2D eigenvalue weighted by atomic mass is 16.5. The summed E-state index contributed by atoms with van der Waals surface area (Å²) in [5.74, 6) is 1.05. The summed E-state index contributed by atoms with van der Waals surface area (Å²) in [5, 5.41) is 3.52. The second kappa shape index (κ2) is 6.66. The summed E-state index contributed by atoms with van der Waals surface area (Å²) >= 11 is 0. The number of nitrogens with zero attached hydrogens (tertiary/aromatic N) is 4. The number of ether oxygens (including phenoxy) is 1. The first-order valence-electron chi connectivity index (χ1n) is 6.26. The fourth-order valence-corrected chi connectivity index (χ4v) is 2.13. The molecule has 100 valence electrons. The molecule has 1 aliphatic heterocycles. The van der Waals surface area contributed by atoms with Crippen molar-refractivity contribution in [3.8, 4) is 5.75 Å². The number of azide groups is 1. The summed E-state index contributed by atoms with van der Waals surface area (Å²) in [6, 6.07) is 9.52. The topological polar surface area (TPSA) is 78.3 Å². The van der Waals surface area contributed by atoms with E-state index in [1.165, 1.54) is 0 Å². The summed E-state index contributed by atoms with van der Waals surface area (Å²) in [4.78, 5) is 16.2. The Morgan fingerprint density at radius 1 is 1.42 bits per heavy atom. The fourth-order valence-electron chi connectivity index (χ4n) is 2.13. The van der Waals surface area contributed by atoms with Crippen LogP contribution in [0.1, 0.15) is 6.42 Å². The highest BCUT2D eigenvalue weighted by molar-refractivity contribution is 5.78. The number of carbonyl (C=O) groups is 1. The zero-order chi connectivity index (χ0) is 13.5. The van der Waals surface area contributed by atoms with Crippen LogP contribution in [0.5, 0.6) is 5.75 Å². The Bertz CT molecular complexity index is 471. The number of rotatable bonds is 6. The van der Waals surface area contributed by atoms with Crippen LogP contribution < -0.4 is 4.74 Å². The van der Waals surface area contributed by atoms with Gasteiger partial charge in [0.1, 0.15) is 12.4 Å². The van der Waals surface area contributed by atoms with Crippen LogP contribution in [-0.4, -0.2) is 37.0 Å². The normalized spacial score (nSPS) is 18.2. The molecule has 6 heteroatoms. The van der Waals surface area contributed by atoms with E-state index in [9.17, 15) is 4.79 Å². The fraction of sp³-hybridized carbons (Fsp3) is 0.462. The number of hydrogen-bond acceptors (Lipinski definition) is 3. The van der Waals surface area contributed by atoms with Crippen LogP contribution in [0.3, 0.4) is 0 Å². The molecule has 1 unspecified atom stereocenters. The molecule has 19 heavy (non-hydrogen) atoms. The Balaban J connectivity index is 1.74. The average Bonchev–Trinajstić information content (AvgIpc) is 2.78. The van der Waals surface area contributed by atoms with Gasteiger partial charge in [0.25, 0.3) is 0 Å². The smallest absolute Gasteiger partial charge is 0.223 e. The zero-order valence-electron chi connectivity index (χ0n) is 10.6. The zero-order valence-corrected chi connectivity index (χ0v) is 10.6. The molecule has 1 aromatic rings. The van der Waals surface area contributed by atoms with Crippen LogP contribution >= 0.6 is 0 Å². The minimum Gasteiger partial charge on any atom is -0.492 e. The van der Waals surface area contributed by atoms with Gasteiger partial charge in [0.05, 0.1) is 6.54 Å². The number of likely N-dealkylation sites (tertiary alicyclic amines) is 1. The molecule has 1 amide bonds. The third-order valence-electron chi connectivity index (χ3n) is 3.07. The molecule has 1 fully saturated rings. The van der Waals surface area contributed by atoms with Crippen molar-refractivity contribution < 1.29 is 9.53 Å². The van der Waals surface area contributed by atoms with Gasteiger partial charge in [0.2, 0.25) is 5.91 Å². The minimum absolute atomic E-state index is 0.106. The van der Waals surface area contributed by atoms with E-state index in [0.29, 0.717) is 32.7 Å². The van der Waals surface area contributed by atoms with Crippen LogP contribution in [0.15, 0.2) is 35.4 Å². The van der Waals surface area contributed by atoms with Crippen LogP contribution in [0.4, 0.5) is 0 Å². The highest BCUT2D eigenvalue weighted by Crippen LogP contribution is 2.18. The Morgan fingerprint density at radius 3 is 2.95 bits per heavy atom. The van der Waals surface area contributed by atoms with Gasteiger partial charge in [-0.15, -0.1) is 0 Å². The quantitative estimate of drug-likeness (QED) is 0.446. The first kappa shape index (κ1) is 13.2. The molecule has 0 saturated carbocycles. The summed E-state index contributed by atoms with van der Waals surface area (Å²) < 4.78 is 5.56. The lowest BCUT2D eigenvalue weighted by Crippen LogP contribution is -2.30. The molecule has 0 spiro atoms. The lowest BCUT2D eigenvalue weighted by molar-refractivity contribution is -0.128. The number of para-hydroxylation sites is 1. The van der Waals surface area contributed by atoms with Gasteiger partial charge >= 0.3 is 0 Å². The number of amides is 1. The van der Waals surface area contributed by atoms with Crippen LogP contribution in [0.2, 0.25) is 0 Å². The maximum Gasteiger partial charge on any atom is 0.223 e. The summed E-state index contributed by atoms with van der Waals surface area (Å²) in [5.41, 5.74) is 8.27. The second-order valence-electron chi connectivity index (χ2n) is 4.48. The number of carbonyl (C=O) groups excluding carboxylic acids is 1. The molecular formula is C13H16N4O2. The molecule has 1 aliphatic rings. The standard InChI is InChI=1S/C13H16N4O2/c14-16-15-9-11-8-13(18)17(10-11)6-7-19-12-4-2-1-3-5-12/h1-5,11H,6-10H2. The molecule has 1 aromatic carbocycles. The maximum atomic E-state index is 11.7. The predicted molar refractivity (Wildman–Crippen MR) is 70.6 cm³/mol.